The number of carbonyl (C=O) groups is 2. The number of benzene rings is 2. The van der Waals surface area contributed by atoms with Crippen molar-refractivity contribution in [3.8, 4) is 0 Å². The van der Waals surface area contributed by atoms with Crippen LogP contribution in [0.3, 0.4) is 0 Å². The average Bonchev–Trinajstić information content (AvgIpc) is 2.66. The molecule has 1 saturated heterocycles. The summed E-state index contributed by atoms with van der Waals surface area (Å²) in [4.78, 5) is 28.8. The van der Waals surface area contributed by atoms with Crippen LogP contribution in [0, 0.1) is 20.8 Å². The number of rotatable bonds is 4. The molecule has 3 amide bonds. The Morgan fingerprint density at radius 1 is 0.964 bits per heavy atom. The summed E-state index contributed by atoms with van der Waals surface area (Å²) in [6.07, 6.45) is 0. The molecule has 1 aliphatic heterocycles. The van der Waals surface area contributed by atoms with Crippen molar-refractivity contribution in [3.05, 3.63) is 59.2 Å². The summed E-state index contributed by atoms with van der Waals surface area (Å²) in [6, 6.07) is 13.7. The molecule has 0 atom stereocenters. The molecule has 2 N–H and O–H groups in total. The molecule has 0 saturated carbocycles. The van der Waals surface area contributed by atoms with Gasteiger partial charge in [-0.1, -0.05) is 24.3 Å². The molecule has 6 nitrogen and oxygen atoms in total. The molecular formula is C22H28N4O2. The Morgan fingerprint density at radius 2 is 1.68 bits per heavy atom. The van der Waals surface area contributed by atoms with Crippen LogP contribution in [0.5, 0.6) is 0 Å². The van der Waals surface area contributed by atoms with Gasteiger partial charge < -0.3 is 10.2 Å². The van der Waals surface area contributed by atoms with E-state index in [4.69, 9.17) is 0 Å². The number of hydrogen-bond donors (Lipinski definition) is 2. The molecular weight excluding hydrogens is 352 g/mol. The lowest BCUT2D eigenvalue weighted by atomic mass is 10.1. The first-order valence-corrected chi connectivity index (χ1v) is 9.63. The molecule has 28 heavy (non-hydrogen) atoms. The molecule has 0 spiro atoms. The number of aryl methyl sites for hydroxylation is 2. The van der Waals surface area contributed by atoms with Crippen LogP contribution in [0.1, 0.15) is 16.7 Å². The fraction of sp³-hybridized carbons (Fsp3) is 0.364. The zero-order chi connectivity index (χ0) is 20.1. The number of anilines is 2. The molecule has 3 rings (SSSR count). The largest absolute Gasteiger partial charge is 0.369 e. The summed E-state index contributed by atoms with van der Waals surface area (Å²) in [5, 5.41) is 5.18. The average molecular weight is 380 g/mol. The third-order valence-corrected chi connectivity index (χ3v) is 5.21. The Labute approximate surface area is 166 Å². The van der Waals surface area contributed by atoms with Gasteiger partial charge in [-0.25, -0.2) is 4.79 Å². The van der Waals surface area contributed by atoms with Crippen molar-refractivity contribution < 1.29 is 9.59 Å². The van der Waals surface area contributed by atoms with Crippen molar-refractivity contribution in [1.82, 2.24) is 10.2 Å². The van der Waals surface area contributed by atoms with E-state index in [1.165, 1.54) is 11.3 Å². The summed E-state index contributed by atoms with van der Waals surface area (Å²) in [6.45, 7) is 9.56. The molecule has 6 heteroatoms. The predicted octanol–water partition coefficient (Wildman–Crippen LogP) is 3.08. The zero-order valence-corrected chi connectivity index (χ0v) is 16.8. The van der Waals surface area contributed by atoms with Gasteiger partial charge in [0.1, 0.15) is 0 Å². The fourth-order valence-electron chi connectivity index (χ4n) is 3.40. The fourth-order valence-corrected chi connectivity index (χ4v) is 3.40. The molecule has 1 heterocycles. The third-order valence-electron chi connectivity index (χ3n) is 5.21. The SMILES string of the molecule is Cc1cccc(N2CCN(CC(=O)NC(=O)Nc3cccc(C)c3C)CC2)c1. The van der Waals surface area contributed by atoms with Crippen LogP contribution < -0.4 is 15.5 Å². The number of urea groups is 1. The van der Waals surface area contributed by atoms with E-state index in [0.29, 0.717) is 0 Å². The number of nitrogens with one attached hydrogen (secondary N) is 2. The van der Waals surface area contributed by atoms with E-state index in [1.54, 1.807) is 0 Å². The second-order valence-electron chi connectivity index (χ2n) is 7.35. The summed E-state index contributed by atoms with van der Waals surface area (Å²) in [5.74, 6) is -0.285. The van der Waals surface area contributed by atoms with Gasteiger partial charge in [-0.2, -0.15) is 0 Å². The number of nitrogens with zero attached hydrogens (tertiary/aromatic N) is 2. The number of amides is 3. The van der Waals surface area contributed by atoms with Gasteiger partial charge in [0.25, 0.3) is 0 Å². The van der Waals surface area contributed by atoms with E-state index in [9.17, 15) is 9.59 Å². The van der Waals surface area contributed by atoms with Gasteiger partial charge in [-0.15, -0.1) is 0 Å². The Balaban J connectivity index is 1.45. The van der Waals surface area contributed by atoms with Crippen molar-refractivity contribution in [2.75, 3.05) is 42.9 Å². The van der Waals surface area contributed by atoms with Crippen molar-refractivity contribution in [3.63, 3.8) is 0 Å². The molecule has 2 aromatic rings. The first-order valence-electron chi connectivity index (χ1n) is 9.63. The van der Waals surface area contributed by atoms with Gasteiger partial charge in [0.15, 0.2) is 0 Å². The van der Waals surface area contributed by atoms with Crippen LogP contribution in [0.2, 0.25) is 0 Å². The maximum absolute atomic E-state index is 12.2. The lowest BCUT2D eigenvalue weighted by Gasteiger charge is -2.35. The normalized spacial score (nSPS) is 14.6. The van der Waals surface area contributed by atoms with Gasteiger partial charge in [-0.3, -0.25) is 15.0 Å². The summed E-state index contributed by atoms with van der Waals surface area (Å²) in [5.41, 5.74) is 5.27. The molecule has 148 valence electrons. The molecule has 0 radical (unpaired) electrons. The Kier molecular flexibility index (Phi) is 6.31. The highest BCUT2D eigenvalue weighted by Gasteiger charge is 2.20. The Hall–Kier alpha value is -2.86. The van der Waals surface area contributed by atoms with Crippen LogP contribution >= 0.6 is 0 Å². The lowest BCUT2D eigenvalue weighted by molar-refractivity contribution is -0.121. The van der Waals surface area contributed by atoms with Crippen molar-refractivity contribution >= 4 is 23.3 Å². The van der Waals surface area contributed by atoms with Gasteiger partial charge in [0.2, 0.25) is 5.91 Å². The second kappa shape index (κ2) is 8.89. The van der Waals surface area contributed by atoms with Crippen molar-refractivity contribution in [1.29, 1.82) is 0 Å². The molecule has 1 fully saturated rings. The first-order chi connectivity index (χ1) is 13.4. The topological polar surface area (TPSA) is 64.7 Å². The monoisotopic (exact) mass is 380 g/mol. The summed E-state index contributed by atoms with van der Waals surface area (Å²) in [7, 11) is 0. The van der Waals surface area contributed by atoms with Crippen LogP contribution in [-0.4, -0.2) is 49.6 Å². The standard InChI is InChI=1S/C22H28N4O2/c1-16-6-4-8-19(14-16)26-12-10-25(11-13-26)15-21(27)24-22(28)23-20-9-5-7-17(2)18(20)3/h4-9,14H,10-13,15H2,1-3H3,(H2,23,24,27,28). The van der Waals surface area contributed by atoms with Gasteiger partial charge in [-0.05, 0) is 55.7 Å². The highest BCUT2D eigenvalue weighted by Crippen LogP contribution is 2.18. The molecule has 0 aromatic heterocycles. The number of piperazine rings is 1. The summed E-state index contributed by atoms with van der Waals surface area (Å²) < 4.78 is 0. The van der Waals surface area contributed by atoms with Crippen molar-refractivity contribution in [2.45, 2.75) is 20.8 Å². The summed E-state index contributed by atoms with van der Waals surface area (Å²) >= 11 is 0. The minimum atomic E-state index is -0.489. The predicted molar refractivity (Wildman–Crippen MR) is 113 cm³/mol. The van der Waals surface area contributed by atoms with Crippen LogP contribution in [0.15, 0.2) is 42.5 Å². The third kappa shape index (κ3) is 5.10. The molecule has 1 aliphatic rings. The van der Waals surface area contributed by atoms with Crippen LogP contribution in [0.4, 0.5) is 16.2 Å². The maximum Gasteiger partial charge on any atom is 0.325 e. The number of imide groups is 1. The van der Waals surface area contributed by atoms with Gasteiger partial charge in [0.05, 0.1) is 6.54 Å². The first kappa shape index (κ1) is 19.9. The van der Waals surface area contributed by atoms with E-state index in [-0.39, 0.29) is 12.5 Å². The highest BCUT2D eigenvalue weighted by molar-refractivity contribution is 6.02. The molecule has 0 unspecified atom stereocenters. The van der Waals surface area contributed by atoms with E-state index < -0.39 is 6.03 Å². The van der Waals surface area contributed by atoms with Crippen LogP contribution in [-0.2, 0) is 4.79 Å². The van der Waals surface area contributed by atoms with Crippen LogP contribution in [0.25, 0.3) is 0 Å². The lowest BCUT2D eigenvalue weighted by Crippen LogP contribution is -2.50. The maximum atomic E-state index is 12.2. The van der Waals surface area contributed by atoms with E-state index in [0.717, 1.165) is 43.0 Å². The molecule has 0 aliphatic carbocycles. The van der Waals surface area contributed by atoms with E-state index in [2.05, 4.69) is 51.6 Å². The second-order valence-corrected chi connectivity index (χ2v) is 7.35. The molecule has 0 bridgehead atoms. The number of carbonyl (C=O) groups excluding carboxylic acids is 2. The van der Waals surface area contributed by atoms with Crippen molar-refractivity contribution in [2.24, 2.45) is 0 Å². The minimum Gasteiger partial charge on any atom is -0.369 e. The van der Waals surface area contributed by atoms with E-state index >= 15 is 0 Å². The Bertz CT molecular complexity index is 857. The van der Waals surface area contributed by atoms with Gasteiger partial charge >= 0.3 is 6.03 Å². The van der Waals surface area contributed by atoms with Gasteiger partial charge in [0, 0.05) is 37.6 Å². The zero-order valence-electron chi connectivity index (χ0n) is 16.8. The smallest absolute Gasteiger partial charge is 0.325 e. The Morgan fingerprint density at radius 3 is 2.39 bits per heavy atom. The minimum absolute atomic E-state index is 0.224. The number of hydrogen-bond acceptors (Lipinski definition) is 4. The molecule has 2 aromatic carbocycles. The highest BCUT2D eigenvalue weighted by atomic mass is 16.2. The van der Waals surface area contributed by atoms with E-state index in [1.807, 2.05) is 32.0 Å². The quantitative estimate of drug-likeness (QED) is 0.856.